The monoisotopic (exact) mass is 600 g/mol. The standard InChI is InChI=1S/C30H35ClN3O6S/c1-20(2)14-15-34(19-35,25-12-13-26(38-3)30(39-4)28(25)31)18-27-32-24-11-7-9-22(29(24)33-27)16-21-8-6-10-23(17-21)40-41(5,36)37/h6-13,17,19-20H,14-16,18H2,1-5H3,(H,32,33)/q+1. The second kappa shape index (κ2) is 12.5. The Morgan fingerprint density at radius 1 is 1.07 bits per heavy atom. The molecule has 0 spiro atoms. The van der Waals surface area contributed by atoms with Crippen molar-refractivity contribution < 1.29 is 26.9 Å². The quantitative estimate of drug-likeness (QED) is 0.116. The van der Waals surface area contributed by atoms with Crippen LogP contribution in [0.15, 0.2) is 54.6 Å². The Bertz CT molecular complexity index is 1650. The molecule has 4 rings (SSSR count). The number of aromatic amines is 1. The Kier molecular flexibility index (Phi) is 9.26. The van der Waals surface area contributed by atoms with Gasteiger partial charge in [-0.05, 0) is 54.2 Å². The van der Waals surface area contributed by atoms with Crippen LogP contribution in [0.3, 0.4) is 0 Å². The zero-order valence-corrected chi connectivity index (χ0v) is 25.4. The molecule has 3 aromatic carbocycles. The molecule has 9 nitrogen and oxygen atoms in total. The average molecular weight is 601 g/mol. The van der Waals surface area contributed by atoms with Crippen molar-refractivity contribution in [1.29, 1.82) is 0 Å². The molecule has 4 aromatic rings. The summed E-state index contributed by atoms with van der Waals surface area (Å²) in [6, 6.07) is 16.4. The third kappa shape index (κ3) is 7.01. The molecule has 11 heteroatoms. The first-order valence-electron chi connectivity index (χ1n) is 13.2. The lowest BCUT2D eigenvalue weighted by atomic mass is 10.0. The summed E-state index contributed by atoms with van der Waals surface area (Å²) in [6.45, 7) is 4.98. The average Bonchev–Trinajstić information content (AvgIpc) is 3.33. The number of rotatable bonds is 13. The van der Waals surface area contributed by atoms with Crippen LogP contribution in [0.25, 0.3) is 11.0 Å². The largest absolute Gasteiger partial charge is 0.493 e. The van der Waals surface area contributed by atoms with Crippen LogP contribution in [-0.4, -0.2) is 51.8 Å². The number of hydrogen-bond donors (Lipinski definition) is 1. The van der Waals surface area contributed by atoms with Crippen molar-refractivity contribution in [3.8, 4) is 17.2 Å². The van der Waals surface area contributed by atoms with E-state index in [9.17, 15) is 13.2 Å². The molecule has 1 aromatic heterocycles. The van der Waals surface area contributed by atoms with E-state index in [-0.39, 0.29) is 16.8 Å². The summed E-state index contributed by atoms with van der Waals surface area (Å²) in [6.07, 6.45) is 3.21. The summed E-state index contributed by atoms with van der Waals surface area (Å²) in [5.74, 6) is 2.09. The van der Waals surface area contributed by atoms with E-state index in [1.165, 1.54) is 14.2 Å². The van der Waals surface area contributed by atoms with Gasteiger partial charge in [0.2, 0.25) is 0 Å². The fourth-order valence-electron chi connectivity index (χ4n) is 4.87. The number of methoxy groups -OCH3 is 2. The van der Waals surface area contributed by atoms with Crippen LogP contribution < -0.4 is 18.1 Å². The summed E-state index contributed by atoms with van der Waals surface area (Å²) in [4.78, 5) is 21.3. The molecule has 41 heavy (non-hydrogen) atoms. The van der Waals surface area contributed by atoms with Crippen molar-refractivity contribution in [3.63, 3.8) is 0 Å². The summed E-state index contributed by atoms with van der Waals surface area (Å²) in [7, 11) is -0.583. The number of aromatic nitrogens is 2. The molecule has 1 N–H and O–H groups in total. The van der Waals surface area contributed by atoms with Crippen molar-refractivity contribution >= 4 is 44.8 Å². The minimum Gasteiger partial charge on any atom is -0.493 e. The molecule has 0 saturated heterocycles. The van der Waals surface area contributed by atoms with E-state index in [1.807, 2.05) is 24.3 Å². The van der Waals surface area contributed by atoms with Gasteiger partial charge < -0.3 is 18.6 Å². The predicted octanol–water partition coefficient (Wildman–Crippen LogP) is 5.87. The lowest BCUT2D eigenvalue weighted by Gasteiger charge is -2.32. The Morgan fingerprint density at radius 3 is 2.49 bits per heavy atom. The molecule has 1 heterocycles. The van der Waals surface area contributed by atoms with Crippen molar-refractivity contribution in [2.45, 2.75) is 33.2 Å². The number of hydrogen-bond acceptors (Lipinski definition) is 7. The van der Waals surface area contributed by atoms with Crippen LogP contribution in [-0.2, 0) is 27.9 Å². The minimum absolute atomic E-state index is 0.0859. The van der Waals surface area contributed by atoms with Crippen molar-refractivity contribution in [2.24, 2.45) is 5.92 Å². The number of nitrogens with zero attached hydrogens (tertiary/aromatic N) is 2. The lowest BCUT2D eigenvalue weighted by molar-refractivity contribution is -0.118. The van der Waals surface area contributed by atoms with Gasteiger partial charge in [0.05, 0.1) is 38.1 Å². The summed E-state index contributed by atoms with van der Waals surface area (Å²) in [5, 5.41) is 0.315. The fourth-order valence-corrected chi connectivity index (χ4v) is 5.73. The van der Waals surface area contributed by atoms with Crippen molar-refractivity contribution in [3.05, 3.63) is 76.6 Å². The summed E-state index contributed by atoms with van der Waals surface area (Å²) in [5.41, 5.74) is 4.01. The van der Waals surface area contributed by atoms with Crippen molar-refractivity contribution in [1.82, 2.24) is 14.5 Å². The second-order valence-electron chi connectivity index (χ2n) is 10.4. The van der Waals surface area contributed by atoms with Gasteiger partial charge in [0, 0.05) is 6.07 Å². The molecule has 0 radical (unpaired) electrons. The molecular formula is C30H35ClN3O6S+. The zero-order valence-electron chi connectivity index (χ0n) is 23.8. The topological polar surface area (TPSA) is 108 Å². The third-order valence-corrected chi connectivity index (χ3v) is 7.73. The maximum atomic E-state index is 13.0. The van der Waals surface area contributed by atoms with E-state index < -0.39 is 10.1 Å². The minimum atomic E-state index is -3.63. The summed E-state index contributed by atoms with van der Waals surface area (Å²) >= 11 is 6.83. The van der Waals surface area contributed by atoms with Gasteiger partial charge in [-0.2, -0.15) is 8.42 Å². The van der Waals surface area contributed by atoms with Crippen LogP contribution in [0.4, 0.5) is 5.69 Å². The SMILES string of the molecule is COc1ccc([N+](C=O)(CCC(C)C)Cc2nc3c(Cc4cccc(OS(C)(=O)=O)c4)cccc3[nH]2)c(Cl)c1OC. The molecule has 0 saturated carbocycles. The first-order chi connectivity index (χ1) is 19.5. The van der Waals surface area contributed by atoms with Gasteiger partial charge in [0.1, 0.15) is 17.3 Å². The predicted molar refractivity (Wildman–Crippen MR) is 161 cm³/mol. The highest BCUT2D eigenvalue weighted by molar-refractivity contribution is 7.86. The van der Waals surface area contributed by atoms with E-state index in [0.717, 1.165) is 41.2 Å². The number of halogens is 1. The van der Waals surface area contributed by atoms with E-state index >= 15 is 0 Å². The fraction of sp³-hybridized carbons (Fsp3) is 0.333. The van der Waals surface area contributed by atoms with Gasteiger partial charge in [-0.15, -0.1) is 0 Å². The van der Waals surface area contributed by atoms with Crippen LogP contribution in [0.2, 0.25) is 5.02 Å². The highest BCUT2D eigenvalue weighted by atomic mass is 35.5. The zero-order chi connectivity index (χ0) is 29.8. The molecule has 218 valence electrons. The van der Waals surface area contributed by atoms with Crippen LogP contribution in [0.5, 0.6) is 17.2 Å². The number of nitrogens with one attached hydrogen (secondary N) is 1. The molecule has 0 aliphatic carbocycles. The van der Waals surface area contributed by atoms with Gasteiger partial charge in [-0.1, -0.05) is 49.7 Å². The number of amides is 1. The molecule has 0 fully saturated rings. The lowest BCUT2D eigenvalue weighted by Crippen LogP contribution is -2.49. The van der Waals surface area contributed by atoms with Gasteiger partial charge in [-0.3, -0.25) is 0 Å². The molecule has 1 unspecified atom stereocenters. The Hall–Kier alpha value is -3.60. The van der Waals surface area contributed by atoms with E-state index in [2.05, 4.69) is 18.8 Å². The van der Waals surface area contributed by atoms with Crippen LogP contribution in [0.1, 0.15) is 37.2 Å². The Labute approximate surface area is 245 Å². The molecule has 1 atom stereocenters. The third-order valence-electron chi connectivity index (χ3n) is 6.87. The Balaban J connectivity index is 1.73. The van der Waals surface area contributed by atoms with E-state index in [0.29, 0.717) is 46.9 Å². The number of H-pyrrole nitrogens is 1. The molecule has 0 aliphatic heterocycles. The molecular weight excluding hydrogens is 566 g/mol. The number of quaternary nitrogens is 1. The normalized spacial score (nSPS) is 13.2. The van der Waals surface area contributed by atoms with Gasteiger partial charge >= 0.3 is 16.5 Å². The number of imidazole rings is 1. The maximum absolute atomic E-state index is 13.0. The number of para-hydroxylation sites is 1. The van der Waals surface area contributed by atoms with Gasteiger partial charge in [0.15, 0.2) is 23.0 Å². The highest BCUT2D eigenvalue weighted by Gasteiger charge is 2.36. The van der Waals surface area contributed by atoms with Gasteiger partial charge in [-0.25, -0.2) is 14.3 Å². The first kappa shape index (κ1) is 30.4. The first-order valence-corrected chi connectivity index (χ1v) is 15.4. The Morgan fingerprint density at radius 2 is 1.83 bits per heavy atom. The summed E-state index contributed by atoms with van der Waals surface area (Å²) < 4.78 is 39.1. The van der Waals surface area contributed by atoms with E-state index in [1.54, 1.807) is 30.3 Å². The number of ether oxygens (including phenoxy) is 2. The molecule has 1 amide bonds. The number of benzene rings is 3. The molecule has 0 aliphatic rings. The smallest absolute Gasteiger partial charge is 0.306 e. The van der Waals surface area contributed by atoms with E-state index in [4.69, 9.17) is 30.2 Å². The van der Waals surface area contributed by atoms with Crippen LogP contribution >= 0.6 is 11.6 Å². The van der Waals surface area contributed by atoms with Gasteiger partial charge in [0.25, 0.3) is 0 Å². The molecule has 0 bridgehead atoms. The number of fused-ring (bicyclic) bond motifs is 1. The van der Waals surface area contributed by atoms with Crippen LogP contribution in [0, 0.1) is 5.92 Å². The number of carbonyl (C=O) groups is 1. The maximum Gasteiger partial charge on any atom is 0.306 e. The highest BCUT2D eigenvalue weighted by Crippen LogP contribution is 2.44. The second-order valence-corrected chi connectivity index (χ2v) is 12.4. The number of carbonyl (C=O) groups excluding carboxylic acids is 1. The van der Waals surface area contributed by atoms with Crippen molar-refractivity contribution in [2.75, 3.05) is 27.0 Å².